The number of aromatic nitrogens is 1. The molecule has 15 heavy (non-hydrogen) atoms. The highest BCUT2D eigenvalue weighted by Crippen LogP contribution is 2.17. The average Bonchev–Trinajstić information content (AvgIpc) is 2.30. The zero-order valence-electron chi connectivity index (χ0n) is 8.56. The smallest absolute Gasteiger partial charge is 0.128 e. The van der Waals surface area contributed by atoms with Gasteiger partial charge < -0.3 is 4.90 Å². The van der Waals surface area contributed by atoms with E-state index in [4.69, 9.17) is 5.14 Å². The second-order valence-electron chi connectivity index (χ2n) is 3.70. The predicted molar refractivity (Wildman–Crippen MR) is 60.9 cm³/mol. The van der Waals surface area contributed by atoms with Gasteiger partial charge in [0.25, 0.3) is 0 Å². The summed E-state index contributed by atoms with van der Waals surface area (Å²) in [5.74, 6) is 0.962. The van der Waals surface area contributed by atoms with Crippen molar-refractivity contribution < 1.29 is 4.21 Å². The van der Waals surface area contributed by atoms with Crippen LogP contribution in [0.1, 0.15) is 19.3 Å². The maximum Gasteiger partial charge on any atom is 0.128 e. The Hall–Kier alpha value is -0.940. The largest absolute Gasteiger partial charge is 0.357 e. The highest BCUT2D eigenvalue weighted by molar-refractivity contribution is 7.82. The molecular formula is C10H15N3OS. The predicted octanol–water partition coefficient (Wildman–Crippen LogP) is 1.05. The van der Waals surface area contributed by atoms with Gasteiger partial charge in [-0.3, -0.25) is 0 Å². The quantitative estimate of drug-likeness (QED) is 0.818. The Kier molecular flexibility index (Phi) is 3.33. The Balaban J connectivity index is 2.11. The van der Waals surface area contributed by atoms with Crippen molar-refractivity contribution in [1.82, 2.24) is 4.98 Å². The molecule has 0 aliphatic carbocycles. The van der Waals surface area contributed by atoms with E-state index in [-0.39, 0.29) is 0 Å². The van der Waals surface area contributed by atoms with Gasteiger partial charge in [-0.2, -0.15) is 0 Å². The van der Waals surface area contributed by atoms with Gasteiger partial charge in [0.2, 0.25) is 0 Å². The summed E-state index contributed by atoms with van der Waals surface area (Å²) < 4.78 is 11.0. The summed E-state index contributed by atoms with van der Waals surface area (Å²) >= 11 is 0. The van der Waals surface area contributed by atoms with E-state index in [1.165, 1.54) is 19.3 Å². The minimum absolute atomic E-state index is 0.579. The van der Waals surface area contributed by atoms with Crippen LogP contribution < -0.4 is 10.0 Å². The molecule has 1 saturated heterocycles. The monoisotopic (exact) mass is 225 g/mol. The first-order valence-corrected chi connectivity index (χ1v) is 6.36. The van der Waals surface area contributed by atoms with Gasteiger partial charge >= 0.3 is 0 Å². The third-order valence-corrected chi connectivity index (χ3v) is 3.34. The number of nitrogens with zero attached hydrogens (tertiary/aromatic N) is 2. The topological polar surface area (TPSA) is 59.2 Å². The van der Waals surface area contributed by atoms with Crippen LogP contribution in [0.5, 0.6) is 0 Å². The number of piperidine rings is 1. The van der Waals surface area contributed by atoms with Crippen LogP contribution in [0, 0.1) is 0 Å². The lowest BCUT2D eigenvalue weighted by Gasteiger charge is -2.27. The van der Waals surface area contributed by atoms with Crippen molar-refractivity contribution >= 4 is 16.8 Å². The molecule has 1 aliphatic heterocycles. The second-order valence-corrected chi connectivity index (χ2v) is 4.76. The van der Waals surface area contributed by atoms with Crippen molar-refractivity contribution in [3.8, 4) is 0 Å². The van der Waals surface area contributed by atoms with Crippen molar-refractivity contribution in [1.29, 1.82) is 0 Å². The molecule has 1 unspecified atom stereocenters. The fraction of sp³-hybridized carbons (Fsp3) is 0.500. The van der Waals surface area contributed by atoms with E-state index in [1.54, 1.807) is 12.3 Å². The van der Waals surface area contributed by atoms with E-state index in [1.807, 2.05) is 6.07 Å². The van der Waals surface area contributed by atoms with Crippen LogP contribution in [0.2, 0.25) is 0 Å². The lowest BCUT2D eigenvalue weighted by atomic mass is 10.1. The van der Waals surface area contributed by atoms with E-state index < -0.39 is 11.0 Å². The Bertz CT molecular complexity index is 346. The van der Waals surface area contributed by atoms with Gasteiger partial charge in [0.15, 0.2) is 0 Å². The molecule has 4 nitrogen and oxygen atoms in total. The lowest BCUT2D eigenvalue weighted by Crippen LogP contribution is -2.30. The van der Waals surface area contributed by atoms with E-state index >= 15 is 0 Å². The summed E-state index contributed by atoms with van der Waals surface area (Å²) in [6.45, 7) is 2.14. The molecule has 82 valence electrons. The van der Waals surface area contributed by atoms with Crippen molar-refractivity contribution in [2.45, 2.75) is 24.2 Å². The lowest BCUT2D eigenvalue weighted by molar-refractivity contribution is 0.573. The minimum Gasteiger partial charge on any atom is -0.357 e. The minimum atomic E-state index is -1.42. The van der Waals surface area contributed by atoms with Crippen LogP contribution in [0.25, 0.3) is 0 Å². The maximum absolute atomic E-state index is 11.0. The maximum atomic E-state index is 11.0. The van der Waals surface area contributed by atoms with Gasteiger partial charge in [0.05, 0.1) is 4.90 Å². The Labute approximate surface area is 92.1 Å². The number of nitrogens with two attached hydrogens (primary N) is 1. The number of hydrogen-bond acceptors (Lipinski definition) is 3. The number of hydrogen-bond donors (Lipinski definition) is 1. The van der Waals surface area contributed by atoms with Crippen molar-refractivity contribution in [2.75, 3.05) is 18.0 Å². The molecule has 1 aromatic rings. The van der Waals surface area contributed by atoms with Gasteiger partial charge in [-0.15, -0.1) is 0 Å². The van der Waals surface area contributed by atoms with Crippen LogP contribution >= 0.6 is 0 Å². The Morgan fingerprint density at radius 2 is 2.00 bits per heavy atom. The van der Waals surface area contributed by atoms with E-state index in [9.17, 15) is 4.21 Å². The summed E-state index contributed by atoms with van der Waals surface area (Å²) in [7, 11) is -1.42. The number of pyridine rings is 1. The third-order valence-electron chi connectivity index (χ3n) is 2.63. The van der Waals surface area contributed by atoms with Crippen LogP contribution in [0.15, 0.2) is 23.2 Å². The van der Waals surface area contributed by atoms with Gasteiger partial charge in [0, 0.05) is 19.3 Å². The zero-order chi connectivity index (χ0) is 10.7. The van der Waals surface area contributed by atoms with Crippen LogP contribution in [-0.4, -0.2) is 22.3 Å². The van der Waals surface area contributed by atoms with Gasteiger partial charge in [-0.1, -0.05) is 0 Å². The standard InChI is InChI=1S/C10H15N3OS/c11-15(14)9-4-5-10(12-8-9)13-6-2-1-3-7-13/h4-5,8H,1-3,6-7,11H2. The van der Waals surface area contributed by atoms with Crippen molar-refractivity contribution in [2.24, 2.45) is 5.14 Å². The van der Waals surface area contributed by atoms with Crippen LogP contribution in [-0.2, 0) is 11.0 Å². The Morgan fingerprint density at radius 3 is 2.53 bits per heavy atom. The molecule has 1 aliphatic rings. The summed E-state index contributed by atoms with van der Waals surface area (Å²) in [5.41, 5.74) is 0. The summed E-state index contributed by atoms with van der Waals surface area (Å²) in [5, 5.41) is 5.26. The van der Waals surface area contributed by atoms with Gasteiger partial charge in [-0.05, 0) is 31.4 Å². The molecule has 0 radical (unpaired) electrons. The summed E-state index contributed by atoms with van der Waals surface area (Å²) in [6.07, 6.45) is 5.36. The molecule has 0 spiro atoms. The van der Waals surface area contributed by atoms with Crippen LogP contribution in [0.4, 0.5) is 5.82 Å². The molecule has 0 aromatic carbocycles. The second kappa shape index (κ2) is 4.72. The van der Waals surface area contributed by atoms with Gasteiger partial charge in [-0.25, -0.2) is 14.3 Å². The normalized spacial score (nSPS) is 18.9. The highest BCUT2D eigenvalue weighted by atomic mass is 32.2. The number of anilines is 1. The molecule has 5 heteroatoms. The van der Waals surface area contributed by atoms with E-state index in [0.717, 1.165) is 18.9 Å². The highest BCUT2D eigenvalue weighted by Gasteiger charge is 2.11. The summed E-state index contributed by atoms with van der Waals surface area (Å²) in [6, 6.07) is 3.68. The Morgan fingerprint density at radius 1 is 1.27 bits per heavy atom. The first kappa shape index (κ1) is 10.6. The van der Waals surface area contributed by atoms with Crippen molar-refractivity contribution in [3.05, 3.63) is 18.3 Å². The fourth-order valence-electron chi connectivity index (χ4n) is 1.80. The third kappa shape index (κ3) is 2.54. The van der Waals surface area contributed by atoms with Crippen LogP contribution in [0.3, 0.4) is 0 Å². The number of rotatable bonds is 2. The average molecular weight is 225 g/mol. The molecule has 1 atom stereocenters. The van der Waals surface area contributed by atoms with Crippen molar-refractivity contribution in [3.63, 3.8) is 0 Å². The first-order chi connectivity index (χ1) is 7.27. The molecule has 2 heterocycles. The molecular weight excluding hydrogens is 210 g/mol. The first-order valence-electron chi connectivity index (χ1n) is 5.14. The molecule has 1 aromatic heterocycles. The van der Waals surface area contributed by atoms with E-state index in [0.29, 0.717) is 4.90 Å². The van der Waals surface area contributed by atoms with Gasteiger partial charge in [0.1, 0.15) is 16.8 Å². The molecule has 1 fully saturated rings. The van der Waals surface area contributed by atoms with E-state index in [2.05, 4.69) is 9.88 Å². The molecule has 2 N–H and O–H groups in total. The molecule has 0 bridgehead atoms. The molecule has 2 rings (SSSR count). The zero-order valence-corrected chi connectivity index (χ0v) is 9.37. The SMILES string of the molecule is NS(=O)c1ccc(N2CCCCC2)nc1. The molecule has 0 amide bonds. The molecule has 0 saturated carbocycles. The summed E-state index contributed by atoms with van der Waals surface area (Å²) in [4.78, 5) is 7.11. The fourth-order valence-corrected chi connectivity index (χ4v) is 2.16.